The number of carbonyl (C=O) groups excluding carboxylic acids is 1. The van der Waals surface area contributed by atoms with E-state index in [-0.39, 0.29) is 17.4 Å². The molecule has 21 heavy (non-hydrogen) atoms. The Kier molecular flexibility index (Phi) is 6.14. The summed E-state index contributed by atoms with van der Waals surface area (Å²) in [7, 11) is 0. The molecule has 0 aliphatic carbocycles. The number of halogens is 3. The molecule has 1 unspecified atom stereocenters. The van der Waals surface area contributed by atoms with Gasteiger partial charge in [0.05, 0.1) is 16.5 Å². The van der Waals surface area contributed by atoms with Crippen molar-refractivity contribution in [2.75, 3.05) is 0 Å². The molecular weight excluding hydrogens is 301 g/mol. The predicted octanol–water partition coefficient (Wildman–Crippen LogP) is 3.02. The van der Waals surface area contributed by atoms with E-state index in [2.05, 4.69) is 5.32 Å². The molecule has 0 fully saturated rings. The highest BCUT2D eigenvalue weighted by molar-refractivity contribution is 7.80. The molecule has 0 radical (unpaired) electrons. The first-order chi connectivity index (χ1) is 9.75. The summed E-state index contributed by atoms with van der Waals surface area (Å²) < 4.78 is 37.2. The van der Waals surface area contributed by atoms with E-state index in [1.165, 1.54) is 12.1 Å². The summed E-state index contributed by atoms with van der Waals surface area (Å²) in [6.45, 7) is 2.05. The zero-order chi connectivity index (χ0) is 16.0. The van der Waals surface area contributed by atoms with Crippen molar-refractivity contribution in [1.29, 1.82) is 0 Å². The minimum absolute atomic E-state index is 0.127. The zero-order valence-corrected chi connectivity index (χ0v) is 12.4. The van der Waals surface area contributed by atoms with Gasteiger partial charge in [0.1, 0.15) is 0 Å². The van der Waals surface area contributed by atoms with Gasteiger partial charge in [-0.3, -0.25) is 4.79 Å². The Balaban J connectivity index is 2.62. The van der Waals surface area contributed by atoms with Gasteiger partial charge >= 0.3 is 6.18 Å². The highest BCUT2D eigenvalue weighted by Gasteiger charge is 2.29. The SMILES string of the molecule is CCCC(C(=O)NCc1ccc(C(F)(F)F)cc1)C(N)=S. The molecule has 1 rings (SSSR count). The highest BCUT2D eigenvalue weighted by atomic mass is 32.1. The van der Waals surface area contributed by atoms with Crippen LogP contribution < -0.4 is 11.1 Å². The maximum absolute atomic E-state index is 12.4. The number of thiocarbonyl (C=S) groups is 1. The fourth-order valence-corrected chi connectivity index (χ4v) is 2.04. The smallest absolute Gasteiger partial charge is 0.393 e. The van der Waals surface area contributed by atoms with E-state index >= 15 is 0 Å². The molecular formula is C14H17F3N2OS. The maximum atomic E-state index is 12.4. The lowest BCUT2D eigenvalue weighted by Gasteiger charge is -2.15. The summed E-state index contributed by atoms with van der Waals surface area (Å²) in [5.41, 5.74) is 5.37. The maximum Gasteiger partial charge on any atom is 0.416 e. The van der Waals surface area contributed by atoms with E-state index in [4.69, 9.17) is 18.0 Å². The fourth-order valence-electron chi connectivity index (χ4n) is 1.82. The molecule has 1 atom stereocenters. The Labute approximate surface area is 126 Å². The topological polar surface area (TPSA) is 55.1 Å². The van der Waals surface area contributed by atoms with Crippen LogP contribution in [0.5, 0.6) is 0 Å². The number of benzene rings is 1. The van der Waals surface area contributed by atoms with E-state index in [1.807, 2.05) is 6.92 Å². The van der Waals surface area contributed by atoms with Crippen LogP contribution in [-0.2, 0) is 17.5 Å². The van der Waals surface area contributed by atoms with Crippen molar-refractivity contribution in [3.63, 3.8) is 0 Å². The van der Waals surface area contributed by atoms with Gasteiger partial charge in [0.15, 0.2) is 0 Å². The largest absolute Gasteiger partial charge is 0.416 e. The van der Waals surface area contributed by atoms with Gasteiger partial charge in [0, 0.05) is 6.54 Å². The summed E-state index contributed by atoms with van der Waals surface area (Å²) in [5, 5.41) is 2.64. The third-order valence-corrected chi connectivity index (χ3v) is 3.27. The molecule has 0 saturated carbocycles. The average Bonchev–Trinajstić information content (AvgIpc) is 2.41. The molecule has 0 bridgehead atoms. The van der Waals surface area contributed by atoms with Crippen LogP contribution in [0.4, 0.5) is 13.2 Å². The van der Waals surface area contributed by atoms with Crippen LogP contribution in [-0.4, -0.2) is 10.9 Å². The van der Waals surface area contributed by atoms with Crippen molar-refractivity contribution >= 4 is 23.1 Å². The van der Waals surface area contributed by atoms with E-state index in [1.54, 1.807) is 0 Å². The third kappa shape index (κ3) is 5.34. The van der Waals surface area contributed by atoms with Crippen LogP contribution in [0.25, 0.3) is 0 Å². The van der Waals surface area contributed by atoms with Gasteiger partial charge in [-0.1, -0.05) is 37.7 Å². The van der Waals surface area contributed by atoms with Crippen molar-refractivity contribution in [2.45, 2.75) is 32.5 Å². The Bertz CT molecular complexity index is 500. The zero-order valence-electron chi connectivity index (χ0n) is 11.5. The van der Waals surface area contributed by atoms with Gasteiger partial charge in [0.25, 0.3) is 0 Å². The van der Waals surface area contributed by atoms with Gasteiger partial charge < -0.3 is 11.1 Å². The standard InChI is InChI=1S/C14H17F3N2OS/c1-2-3-11(12(18)21)13(20)19-8-9-4-6-10(7-5-9)14(15,16)17/h4-7,11H,2-3,8H2,1H3,(H2,18,21)(H,19,20). The fraction of sp³-hybridized carbons (Fsp3) is 0.429. The highest BCUT2D eigenvalue weighted by Crippen LogP contribution is 2.29. The Morgan fingerprint density at radius 3 is 2.33 bits per heavy atom. The quantitative estimate of drug-likeness (QED) is 0.793. The Hall–Kier alpha value is -1.63. The monoisotopic (exact) mass is 318 g/mol. The summed E-state index contributed by atoms with van der Waals surface area (Å²) in [4.78, 5) is 12.0. The van der Waals surface area contributed by atoms with Gasteiger partial charge in [-0.25, -0.2) is 0 Å². The molecule has 1 aromatic carbocycles. The Morgan fingerprint density at radius 2 is 1.90 bits per heavy atom. The van der Waals surface area contributed by atoms with Crippen molar-refractivity contribution in [2.24, 2.45) is 11.7 Å². The second kappa shape index (κ2) is 7.40. The van der Waals surface area contributed by atoms with Gasteiger partial charge in [-0.15, -0.1) is 0 Å². The first-order valence-electron chi connectivity index (χ1n) is 6.49. The molecule has 0 aliphatic heterocycles. The molecule has 116 valence electrons. The lowest BCUT2D eigenvalue weighted by Crippen LogP contribution is -2.37. The molecule has 0 spiro atoms. The summed E-state index contributed by atoms with van der Waals surface area (Å²) in [6, 6.07) is 4.63. The van der Waals surface area contributed by atoms with E-state index < -0.39 is 17.7 Å². The molecule has 0 aliphatic rings. The number of carbonyl (C=O) groups is 1. The molecule has 3 nitrogen and oxygen atoms in total. The van der Waals surface area contributed by atoms with Crippen LogP contribution in [0.3, 0.4) is 0 Å². The number of nitrogens with one attached hydrogen (secondary N) is 1. The van der Waals surface area contributed by atoms with Gasteiger partial charge in [-0.05, 0) is 24.1 Å². The minimum Gasteiger partial charge on any atom is -0.393 e. The van der Waals surface area contributed by atoms with E-state index in [9.17, 15) is 18.0 Å². The van der Waals surface area contributed by atoms with Crippen molar-refractivity contribution in [1.82, 2.24) is 5.32 Å². The summed E-state index contributed by atoms with van der Waals surface area (Å²) >= 11 is 4.84. The van der Waals surface area contributed by atoms with Crippen LogP contribution in [0.1, 0.15) is 30.9 Å². The predicted molar refractivity (Wildman–Crippen MR) is 78.5 cm³/mol. The first-order valence-corrected chi connectivity index (χ1v) is 6.89. The number of alkyl halides is 3. The number of nitrogens with two attached hydrogens (primary N) is 1. The molecule has 7 heteroatoms. The molecule has 0 saturated heterocycles. The van der Waals surface area contributed by atoms with Crippen molar-refractivity contribution in [3.05, 3.63) is 35.4 Å². The van der Waals surface area contributed by atoms with Crippen LogP contribution in [0, 0.1) is 5.92 Å². The van der Waals surface area contributed by atoms with Crippen LogP contribution >= 0.6 is 12.2 Å². The van der Waals surface area contributed by atoms with Gasteiger partial charge in [0.2, 0.25) is 5.91 Å². The van der Waals surface area contributed by atoms with Crippen LogP contribution in [0.15, 0.2) is 24.3 Å². The van der Waals surface area contributed by atoms with Crippen LogP contribution in [0.2, 0.25) is 0 Å². The Morgan fingerprint density at radius 1 is 1.33 bits per heavy atom. The molecule has 0 aromatic heterocycles. The molecule has 1 amide bonds. The second-order valence-corrected chi connectivity index (χ2v) is 5.13. The number of amides is 1. The van der Waals surface area contributed by atoms with Gasteiger partial charge in [-0.2, -0.15) is 13.2 Å². The summed E-state index contributed by atoms with van der Waals surface area (Å²) in [6.07, 6.45) is -3.05. The lowest BCUT2D eigenvalue weighted by molar-refractivity contribution is -0.137. The number of hydrogen-bond donors (Lipinski definition) is 2. The normalized spacial score (nSPS) is 12.8. The third-order valence-electron chi connectivity index (χ3n) is 2.99. The number of hydrogen-bond acceptors (Lipinski definition) is 2. The lowest BCUT2D eigenvalue weighted by atomic mass is 10.0. The molecule has 3 N–H and O–H groups in total. The minimum atomic E-state index is -4.36. The van der Waals surface area contributed by atoms with Crippen molar-refractivity contribution < 1.29 is 18.0 Å². The van der Waals surface area contributed by atoms with E-state index in [0.717, 1.165) is 18.6 Å². The first kappa shape index (κ1) is 17.4. The molecule has 0 heterocycles. The summed E-state index contributed by atoms with van der Waals surface area (Å²) in [5.74, 6) is -0.844. The van der Waals surface area contributed by atoms with E-state index in [0.29, 0.717) is 12.0 Å². The van der Waals surface area contributed by atoms with Crippen molar-refractivity contribution in [3.8, 4) is 0 Å². The second-order valence-electron chi connectivity index (χ2n) is 4.66. The average molecular weight is 318 g/mol. The number of rotatable bonds is 6. The molecule has 1 aromatic rings.